The van der Waals surface area contributed by atoms with Crippen molar-refractivity contribution in [1.29, 1.82) is 0 Å². The fourth-order valence-corrected chi connectivity index (χ4v) is 8.52. The van der Waals surface area contributed by atoms with Gasteiger partial charge in [0.05, 0.1) is 0 Å². The Morgan fingerprint density at radius 1 is 0.314 bits per heavy atom. The molecule has 0 spiro atoms. The number of carbonyl (C=O) groups is 4. The van der Waals surface area contributed by atoms with Gasteiger partial charge >= 0.3 is 32.3 Å². The average Bonchev–Trinajstić information content (AvgIpc) is 3.35. The molecule has 0 atom stereocenters. The Balaban J connectivity index is 0.813. The number of rotatable bonds is 15. The molecule has 0 aromatic heterocycles. The predicted octanol–water partition coefficient (Wildman–Crippen LogP) is 10.7. The topological polar surface area (TPSA) is 227 Å². The van der Waals surface area contributed by atoms with Crippen LogP contribution in [0.25, 0.3) is 11.1 Å². The van der Waals surface area contributed by atoms with E-state index in [-0.39, 0.29) is 44.5 Å². The lowest BCUT2D eigenvalue weighted by Gasteiger charge is -2.12. The molecule has 350 valence electrons. The van der Waals surface area contributed by atoms with Crippen LogP contribution in [0.15, 0.2) is 216 Å². The molecule has 0 aliphatic heterocycles. The number of amides is 6. The van der Waals surface area contributed by atoms with Crippen molar-refractivity contribution in [3.63, 3.8) is 0 Å². The Kier molecular flexibility index (Phi) is 14.3. The van der Waals surface area contributed by atoms with E-state index in [4.69, 9.17) is 8.37 Å². The first-order valence-corrected chi connectivity index (χ1v) is 23.9. The van der Waals surface area contributed by atoms with E-state index in [0.29, 0.717) is 45.0 Å². The van der Waals surface area contributed by atoms with Crippen LogP contribution < -0.4 is 40.3 Å². The number of urea groups is 2. The minimum Gasteiger partial charge on any atom is -0.379 e. The summed E-state index contributed by atoms with van der Waals surface area (Å²) in [6.07, 6.45) is 0. The molecule has 70 heavy (non-hydrogen) atoms. The van der Waals surface area contributed by atoms with Gasteiger partial charge in [-0.3, -0.25) is 9.59 Å². The molecule has 6 amide bonds. The lowest BCUT2D eigenvalue weighted by Crippen LogP contribution is -2.19. The summed E-state index contributed by atoms with van der Waals surface area (Å²) in [5.41, 5.74) is 4.61. The van der Waals surface area contributed by atoms with Gasteiger partial charge in [0.15, 0.2) is 0 Å². The van der Waals surface area contributed by atoms with Crippen molar-refractivity contribution >= 4 is 78.2 Å². The third-order valence-electron chi connectivity index (χ3n) is 10.1. The molecule has 0 fully saturated rings. The van der Waals surface area contributed by atoms with Crippen LogP contribution in [0.3, 0.4) is 0 Å². The zero-order valence-corrected chi connectivity index (χ0v) is 38.2. The molecule has 0 unspecified atom stereocenters. The summed E-state index contributed by atoms with van der Waals surface area (Å²) in [6, 6.07) is 52.5. The van der Waals surface area contributed by atoms with Crippen LogP contribution in [0.1, 0.15) is 20.7 Å². The molecule has 8 rings (SSSR count). The lowest BCUT2D eigenvalue weighted by atomic mass is 10.1. The number of anilines is 6. The highest BCUT2D eigenvalue weighted by atomic mass is 32.2. The smallest absolute Gasteiger partial charge is 0.339 e. The molecule has 0 aliphatic carbocycles. The van der Waals surface area contributed by atoms with Gasteiger partial charge in [-0.15, -0.1) is 0 Å². The van der Waals surface area contributed by atoms with E-state index in [1.807, 2.05) is 12.1 Å². The Morgan fingerprint density at radius 2 is 0.629 bits per heavy atom. The summed E-state index contributed by atoms with van der Waals surface area (Å²) >= 11 is 0. The van der Waals surface area contributed by atoms with Crippen LogP contribution in [0.2, 0.25) is 0 Å². The molecule has 0 radical (unpaired) electrons. The Labute approximate surface area is 402 Å². The highest BCUT2D eigenvalue weighted by Gasteiger charge is 2.20. The standard InChI is InChI=1S/C52H40N6O10S2/c59-49(37-9-3-1-4-10-37)53-39-21-25-41(26-22-39)55-51(61)57-43-13-7-15-45(33-43)67-69(63,64)47-29-17-35(18-30-47)36-19-31-48(32-20-36)70(65,66)68-46-16-8-14-44(34-46)58-52(62)56-42-27-23-40(24-28-42)54-50(60)38-11-5-2-6-12-38/h1-34H,(H,53,59)(H,54,60)(H2,55,57,61)(H2,56,58,62). The first-order valence-electron chi connectivity index (χ1n) is 21.1. The average molecular weight is 973 g/mol. The number of carbonyl (C=O) groups excluding carboxylic acids is 4. The van der Waals surface area contributed by atoms with Crippen molar-refractivity contribution in [2.45, 2.75) is 9.79 Å². The number of hydrogen-bond donors (Lipinski definition) is 6. The predicted molar refractivity (Wildman–Crippen MR) is 267 cm³/mol. The largest absolute Gasteiger partial charge is 0.379 e. The van der Waals surface area contributed by atoms with Crippen molar-refractivity contribution in [2.75, 3.05) is 31.9 Å². The van der Waals surface area contributed by atoms with E-state index in [1.54, 1.807) is 133 Å². The lowest BCUT2D eigenvalue weighted by molar-refractivity contribution is 0.101. The normalized spacial score (nSPS) is 11.0. The minimum atomic E-state index is -4.32. The summed E-state index contributed by atoms with van der Waals surface area (Å²) in [7, 11) is -8.64. The molecule has 0 bridgehead atoms. The Hall–Kier alpha value is -9.26. The van der Waals surface area contributed by atoms with Crippen molar-refractivity contribution < 1.29 is 44.4 Å². The maximum absolute atomic E-state index is 13.3. The third-order valence-corrected chi connectivity index (χ3v) is 12.6. The maximum atomic E-state index is 13.3. The number of benzene rings is 8. The number of hydrogen-bond acceptors (Lipinski definition) is 10. The Bertz CT molecular complexity index is 3170. The van der Waals surface area contributed by atoms with Crippen LogP contribution >= 0.6 is 0 Å². The van der Waals surface area contributed by atoms with Crippen LogP contribution in [0.4, 0.5) is 43.7 Å². The third kappa shape index (κ3) is 12.6. The van der Waals surface area contributed by atoms with E-state index in [0.717, 1.165) is 0 Å². The maximum Gasteiger partial charge on any atom is 0.339 e. The molecule has 0 saturated heterocycles. The Morgan fingerprint density at radius 3 is 0.971 bits per heavy atom. The van der Waals surface area contributed by atoms with Crippen LogP contribution in [-0.2, 0) is 20.2 Å². The van der Waals surface area contributed by atoms with Gasteiger partial charge in [0, 0.05) is 57.4 Å². The molecule has 0 heterocycles. The second-order valence-electron chi connectivity index (χ2n) is 15.1. The minimum absolute atomic E-state index is 0.0563. The fraction of sp³-hybridized carbons (Fsp3) is 0. The molecule has 8 aromatic rings. The van der Waals surface area contributed by atoms with E-state index in [9.17, 15) is 36.0 Å². The summed E-state index contributed by atoms with van der Waals surface area (Å²) in [5.74, 6) is -0.662. The summed E-state index contributed by atoms with van der Waals surface area (Å²) in [6.45, 7) is 0. The fourth-order valence-electron chi connectivity index (χ4n) is 6.68. The van der Waals surface area contributed by atoms with Gasteiger partial charge in [-0.1, -0.05) is 72.8 Å². The van der Waals surface area contributed by atoms with Crippen molar-refractivity contribution in [1.82, 2.24) is 0 Å². The van der Waals surface area contributed by atoms with E-state index in [1.165, 1.54) is 60.7 Å². The highest BCUT2D eigenvalue weighted by Crippen LogP contribution is 2.28. The van der Waals surface area contributed by atoms with Crippen LogP contribution in [0, 0.1) is 0 Å². The molecule has 16 nitrogen and oxygen atoms in total. The summed E-state index contributed by atoms with van der Waals surface area (Å²) in [4.78, 5) is 50.1. The van der Waals surface area contributed by atoms with Crippen LogP contribution in [0.5, 0.6) is 11.5 Å². The van der Waals surface area contributed by atoms with Crippen molar-refractivity contribution in [2.24, 2.45) is 0 Å². The molecular formula is C52H40N6O10S2. The van der Waals surface area contributed by atoms with Crippen molar-refractivity contribution in [3.8, 4) is 22.6 Å². The molecule has 0 aliphatic rings. The number of nitrogens with one attached hydrogen (secondary N) is 6. The van der Waals surface area contributed by atoms with E-state index >= 15 is 0 Å². The summed E-state index contributed by atoms with van der Waals surface area (Å²) < 4.78 is 63.8. The SMILES string of the molecule is O=C(Nc1ccc(NC(=O)c2ccccc2)cc1)Nc1cccc(OS(=O)(=O)c2ccc(-c3ccc(S(=O)(=O)Oc4cccc(NC(=O)Nc5ccc(NC(=O)c6ccccc6)cc5)c4)cc3)cc2)c1. The second-order valence-corrected chi connectivity index (χ2v) is 18.2. The van der Waals surface area contributed by atoms with Gasteiger partial charge in [-0.2, -0.15) is 16.8 Å². The molecule has 0 saturated carbocycles. The highest BCUT2D eigenvalue weighted by molar-refractivity contribution is 7.87. The zero-order valence-electron chi connectivity index (χ0n) is 36.5. The first kappa shape index (κ1) is 47.2. The summed E-state index contributed by atoms with van der Waals surface area (Å²) in [5, 5.41) is 16.2. The van der Waals surface area contributed by atoms with Crippen molar-refractivity contribution in [3.05, 3.63) is 217 Å². The second kappa shape index (κ2) is 21.1. The van der Waals surface area contributed by atoms with E-state index < -0.39 is 32.3 Å². The monoisotopic (exact) mass is 972 g/mol. The first-order chi connectivity index (χ1) is 33.7. The quantitative estimate of drug-likeness (QED) is 0.0533. The van der Waals surface area contributed by atoms with Gasteiger partial charge in [0.1, 0.15) is 21.3 Å². The van der Waals surface area contributed by atoms with Crippen LogP contribution in [-0.4, -0.2) is 40.7 Å². The van der Waals surface area contributed by atoms with E-state index in [2.05, 4.69) is 31.9 Å². The molecule has 18 heteroatoms. The van der Waals surface area contributed by atoms with Gasteiger partial charge in [-0.25, -0.2) is 9.59 Å². The molecule has 6 N–H and O–H groups in total. The molecule has 8 aromatic carbocycles. The van der Waals surface area contributed by atoms with Gasteiger partial charge in [0.2, 0.25) is 0 Å². The molecular weight excluding hydrogens is 933 g/mol. The van der Waals surface area contributed by atoms with Gasteiger partial charge in [-0.05, 0) is 132 Å². The van der Waals surface area contributed by atoms with Gasteiger partial charge < -0.3 is 40.3 Å². The zero-order chi connectivity index (χ0) is 49.1. The van der Waals surface area contributed by atoms with Gasteiger partial charge in [0.25, 0.3) is 11.8 Å².